The maximum atomic E-state index is 3.87. The highest BCUT2D eigenvalue weighted by molar-refractivity contribution is 4.98. The van der Waals surface area contributed by atoms with E-state index in [0.717, 1.165) is 6.04 Å². The predicted molar refractivity (Wildman–Crippen MR) is 88.2 cm³/mol. The van der Waals surface area contributed by atoms with E-state index in [1.54, 1.807) is 0 Å². The largest absolute Gasteiger partial charge is 0.308 e. The maximum Gasteiger partial charge on any atom is 0.0304 e. The summed E-state index contributed by atoms with van der Waals surface area (Å²) < 4.78 is 0. The zero-order chi connectivity index (χ0) is 14.6. The summed E-state index contributed by atoms with van der Waals surface area (Å²) in [5.41, 5.74) is 0.951. The lowest BCUT2D eigenvalue weighted by molar-refractivity contribution is 0.0243. The van der Waals surface area contributed by atoms with Gasteiger partial charge in [-0.3, -0.25) is 4.90 Å². The van der Waals surface area contributed by atoms with Gasteiger partial charge in [0, 0.05) is 31.2 Å². The molecule has 2 fully saturated rings. The Bertz CT molecular complexity index is 290. The predicted octanol–water partition coefficient (Wildman–Crippen LogP) is 4.20. The van der Waals surface area contributed by atoms with Gasteiger partial charge in [0.25, 0.3) is 0 Å². The Morgan fingerprint density at radius 1 is 1.05 bits per heavy atom. The first-order valence-electron chi connectivity index (χ1n) is 9.05. The van der Waals surface area contributed by atoms with E-state index in [-0.39, 0.29) is 0 Å². The second kappa shape index (κ2) is 6.79. The van der Waals surface area contributed by atoms with Crippen LogP contribution in [0.2, 0.25) is 0 Å². The van der Waals surface area contributed by atoms with Gasteiger partial charge in [-0.15, -0.1) is 0 Å². The van der Waals surface area contributed by atoms with Crippen molar-refractivity contribution in [3.8, 4) is 0 Å². The van der Waals surface area contributed by atoms with Crippen LogP contribution in [-0.4, -0.2) is 36.1 Å². The first-order valence-corrected chi connectivity index (χ1v) is 9.05. The summed E-state index contributed by atoms with van der Waals surface area (Å²) in [4.78, 5) is 2.84. The molecule has 1 atom stereocenters. The quantitative estimate of drug-likeness (QED) is 0.812. The average molecular weight is 280 g/mol. The lowest BCUT2D eigenvalue weighted by Crippen LogP contribution is -2.64. The molecule has 2 heteroatoms. The molecule has 1 aliphatic carbocycles. The minimum atomic E-state index is 0.372. The van der Waals surface area contributed by atoms with Gasteiger partial charge in [-0.2, -0.15) is 0 Å². The van der Waals surface area contributed by atoms with Crippen molar-refractivity contribution in [2.75, 3.05) is 19.6 Å². The number of nitrogens with zero attached hydrogens (tertiary/aromatic N) is 1. The van der Waals surface area contributed by atoms with Crippen molar-refractivity contribution in [3.63, 3.8) is 0 Å². The molecule has 0 aromatic heterocycles. The van der Waals surface area contributed by atoms with Crippen LogP contribution in [0.4, 0.5) is 0 Å². The lowest BCUT2D eigenvalue weighted by Gasteiger charge is -2.50. The highest BCUT2D eigenvalue weighted by atomic mass is 15.3. The molecule has 1 N–H and O–H groups in total. The molecule has 0 aromatic carbocycles. The third-order valence-corrected chi connectivity index (χ3v) is 6.21. The molecule has 1 saturated carbocycles. The Morgan fingerprint density at radius 3 is 2.25 bits per heavy atom. The summed E-state index contributed by atoms with van der Waals surface area (Å²) >= 11 is 0. The van der Waals surface area contributed by atoms with Crippen LogP contribution in [0.15, 0.2) is 0 Å². The van der Waals surface area contributed by atoms with Gasteiger partial charge in [0.15, 0.2) is 0 Å². The number of piperazine rings is 1. The van der Waals surface area contributed by atoms with Crippen LogP contribution in [0, 0.1) is 5.41 Å². The summed E-state index contributed by atoms with van der Waals surface area (Å²) in [6, 6.07) is 0.750. The van der Waals surface area contributed by atoms with Crippen LogP contribution in [0.3, 0.4) is 0 Å². The zero-order valence-corrected chi connectivity index (χ0v) is 14.3. The molecule has 0 radical (unpaired) electrons. The van der Waals surface area contributed by atoms with E-state index < -0.39 is 0 Å². The summed E-state index contributed by atoms with van der Waals surface area (Å²) in [6.07, 6.45) is 11.0. The van der Waals surface area contributed by atoms with Crippen LogP contribution in [0.25, 0.3) is 0 Å². The maximum absolute atomic E-state index is 3.87. The first-order chi connectivity index (χ1) is 9.56. The van der Waals surface area contributed by atoms with Crippen LogP contribution in [-0.2, 0) is 0 Å². The Hall–Kier alpha value is -0.0800. The van der Waals surface area contributed by atoms with Gasteiger partial charge in [-0.1, -0.05) is 47.0 Å². The fraction of sp³-hybridized carbons (Fsp3) is 1.00. The fourth-order valence-corrected chi connectivity index (χ4v) is 4.40. The number of rotatable bonds is 5. The van der Waals surface area contributed by atoms with Gasteiger partial charge in [0.2, 0.25) is 0 Å². The topological polar surface area (TPSA) is 15.3 Å². The van der Waals surface area contributed by atoms with Crippen molar-refractivity contribution in [2.45, 2.75) is 90.6 Å². The van der Waals surface area contributed by atoms with Gasteiger partial charge in [0.1, 0.15) is 0 Å². The summed E-state index contributed by atoms with van der Waals surface area (Å²) in [5.74, 6) is 0. The lowest BCUT2D eigenvalue weighted by atomic mass is 9.74. The number of hydrogen-bond acceptors (Lipinski definition) is 2. The molecule has 118 valence electrons. The van der Waals surface area contributed by atoms with Crippen molar-refractivity contribution in [1.29, 1.82) is 0 Å². The first kappa shape index (κ1) is 16.3. The molecule has 2 rings (SSSR count). The molecule has 2 aliphatic rings. The van der Waals surface area contributed by atoms with Crippen molar-refractivity contribution < 1.29 is 0 Å². The van der Waals surface area contributed by atoms with Crippen molar-refractivity contribution in [1.82, 2.24) is 10.2 Å². The van der Waals surface area contributed by atoms with Gasteiger partial charge in [0.05, 0.1) is 0 Å². The third-order valence-electron chi connectivity index (χ3n) is 6.21. The SMILES string of the molecule is CCC1CNC(CC)(CC)CN1CC1(C)CCCCC1. The van der Waals surface area contributed by atoms with E-state index in [1.165, 1.54) is 71.0 Å². The van der Waals surface area contributed by atoms with Crippen LogP contribution < -0.4 is 5.32 Å². The molecule has 1 saturated heterocycles. The molecule has 2 nitrogen and oxygen atoms in total. The number of nitrogens with one attached hydrogen (secondary N) is 1. The van der Waals surface area contributed by atoms with E-state index in [1.807, 2.05) is 0 Å². The fourth-order valence-electron chi connectivity index (χ4n) is 4.40. The Kier molecular flexibility index (Phi) is 5.53. The number of hydrogen-bond donors (Lipinski definition) is 1. The zero-order valence-electron chi connectivity index (χ0n) is 14.3. The van der Waals surface area contributed by atoms with Crippen LogP contribution in [0.1, 0.15) is 79.1 Å². The summed E-state index contributed by atoms with van der Waals surface area (Å²) in [6.45, 7) is 13.4. The van der Waals surface area contributed by atoms with Crippen molar-refractivity contribution in [3.05, 3.63) is 0 Å². The molecular formula is C18H36N2. The second-order valence-corrected chi connectivity index (χ2v) is 7.71. The average Bonchev–Trinajstić information content (AvgIpc) is 2.47. The van der Waals surface area contributed by atoms with Crippen LogP contribution in [0.5, 0.6) is 0 Å². The van der Waals surface area contributed by atoms with E-state index in [9.17, 15) is 0 Å². The standard InChI is InChI=1S/C18H36N2/c1-5-16-13-19-18(6-2,7-3)15-20(16)14-17(4)11-9-8-10-12-17/h16,19H,5-15H2,1-4H3. The highest BCUT2D eigenvalue weighted by Gasteiger charge is 2.39. The molecule has 0 spiro atoms. The molecule has 0 amide bonds. The smallest absolute Gasteiger partial charge is 0.0304 e. The van der Waals surface area contributed by atoms with E-state index in [2.05, 4.69) is 37.9 Å². The molecule has 0 bridgehead atoms. The minimum absolute atomic E-state index is 0.372. The molecule has 1 heterocycles. The normalized spacial score (nSPS) is 30.3. The Labute approximate surface area is 126 Å². The van der Waals surface area contributed by atoms with E-state index in [4.69, 9.17) is 0 Å². The van der Waals surface area contributed by atoms with E-state index in [0.29, 0.717) is 11.0 Å². The van der Waals surface area contributed by atoms with Gasteiger partial charge in [-0.25, -0.2) is 0 Å². The Morgan fingerprint density at radius 2 is 1.70 bits per heavy atom. The molecule has 20 heavy (non-hydrogen) atoms. The summed E-state index contributed by atoms with van der Waals surface area (Å²) in [7, 11) is 0. The summed E-state index contributed by atoms with van der Waals surface area (Å²) in [5, 5.41) is 3.87. The molecular weight excluding hydrogens is 244 g/mol. The minimum Gasteiger partial charge on any atom is -0.308 e. The highest BCUT2D eigenvalue weighted by Crippen LogP contribution is 2.38. The molecule has 1 aliphatic heterocycles. The van der Waals surface area contributed by atoms with E-state index >= 15 is 0 Å². The third kappa shape index (κ3) is 3.57. The molecule has 1 unspecified atom stereocenters. The van der Waals surface area contributed by atoms with Crippen LogP contribution >= 0.6 is 0 Å². The second-order valence-electron chi connectivity index (χ2n) is 7.71. The van der Waals surface area contributed by atoms with Gasteiger partial charge < -0.3 is 5.32 Å². The van der Waals surface area contributed by atoms with Crippen molar-refractivity contribution >= 4 is 0 Å². The monoisotopic (exact) mass is 280 g/mol. The molecule has 0 aromatic rings. The van der Waals surface area contributed by atoms with Gasteiger partial charge in [-0.05, 0) is 37.5 Å². The van der Waals surface area contributed by atoms with Crippen molar-refractivity contribution in [2.24, 2.45) is 5.41 Å². The van der Waals surface area contributed by atoms with Gasteiger partial charge >= 0.3 is 0 Å². The Balaban J connectivity index is 2.05.